The second-order valence-electron chi connectivity index (χ2n) is 14.2. The molecule has 0 bridgehead atoms. The maximum absolute atomic E-state index is 12.0. The average molecular weight is 820 g/mol. The summed E-state index contributed by atoms with van der Waals surface area (Å²) in [6.45, 7) is 15.4. The van der Waals surface area contributed by atoms with E-state index >= 15 is 0 Å². The zero-order chi connectivity index (χ0) is 36.1. The molecule has 3 aliphatic heterocycles. The molecule has 2 N–H and O–H groups in total. The first kappa shape index (κ1) is 38.9. The Balaban J connectivity index is 0.000000151. The lowest BCUT2D eigenvalue weighted by molar-refractivity contribution is 0.0240. The molecule has 3 aliphatic rings. The van der Waals surface area contributed by atoms with Crippen LogP contribution in [0, 0.1) is 0 Å². The molecule has 0 saturated carbocycles. The summed E-state index contributed by atoms with van der Waals surface area (Å²) < 4.78 is 7.65. The SMILES string of the molecule is Brc1ccc(C2CCNCC2)cc1.CC(C)(C)OC(=O)N1CCN(c2ccc(Br)cc2)CC1.c1ccc(-c2ccc(N3CCNCC3)cc2)cc1. The van der Waals surface area contributed by atoms with Crippen LogP contribution in [0.4, 0.5) is 16.2 Å². The monoisotopic (exact) mass is 817 g/mol. The number of anilines is 2. The van der Waals surface area contributed by atoms with Crippen molar-refractivity contribution in [1.29, 1.82) is 0 Å². The van der Waals surface area contributed by atoms with Crippen LogP contribution in [0.15, 0.2) is 112 Å². The molecule has 0 aliphatic carbocycles. The normalized spacial score (nSPS) is 16.7. The lowest BCUT2D eigenvalue weighted by atomic mass is 9.90. The van der Waals surface area contributed by atoms with Crippen LogP contribution in [0.2, 0.25) is 0 Å². The van der Waals surface area contributed by atoms with Crippen molar-refractivity contribution < 1.29 is 9.53 Å². The fourth-order valence-electron chi connectivity index (χ4n) is 6.43. The number of carbonyl (C=O) groups excluding carboxylic acids is 1. The lowest BCUT2D eigenvalue weighted by Gasteiger charge is -2.36. The van der Waals surface area contributed by atoms with Crippen LogP contribution < -0.4 is 20.4 Å². The molecule has 3 saturated heterocycles. The Hall–Kier alpha value is -3.37. The number of hydrogen-bond donors (Lipinski definition) is 2. The van der Waals surface area contributed by atoms with Gasteiger partial charge in [0, 0.05) is 72.7 Å². The predicted octanol–water partition coefficient (Wildman–Crippen LogP) is 9.19. The minimum atomic E-state index is -0.431. The van der Waals surface area contributed by atoms with E-state index in [1.54, 1.807) is 4.90 Å². The van der Waals surface area contributed by atoms with Crippen LogP contribution in [-0.2, 0) is 4.74 Å². The van der Waals surface area contributed by atoms with Gasteiger partial charge in [0.2, 0.25) is 0 Å². The Morgan fingerprint density at radius 2 is 1.08 bits per heavy atom. The summed E-state index contributed by atoms with van der Waals surface area (Å²) in [4.78, 5) is 18.5. The van der Waals surface area contributed by atoms with Crippen molar-refractivity contribution in [2.75, 3.05) is 75.2 Å². The third kappa shape index (κ3) is 12.7. The summed E-state index contributed by atoms with van der Waals surface area (Å²) in [5.41, 5.74) is 6.15. The van der Waals surface area contributed by atoms with E-state index in [1.807, 2.05) is 32.9 Å². The molecule has 1 amide bonds. The third-order valence-electron chi connectivity index (χ3n) is 9.26. The van der Waals surface area contributed by atoms with Crippen LogP contribution in [0.3, 0.4) is 0 Å². The van der Waals surface area contributed by atoms with Crippen molar-refractivity contribution in [2.45, 2.75) is 45.1 Å². The molecule has 0 atom stereocenters. The standard InChI is InChI=1S/C16H18N2.C15H21BrN2O2.C11H14BrN/c1-2-4-14(5-3-1)15-6-8-16(9-7-15)18-12-10-17-11-13-18;1-15(2,3)20-14(19)18-10-8-17(9-11-18)13-6-4-12(16)5-7-13;12-11-3-1-9(2-4-11)10-5-7-13-8-6-10/h1-9,17H,10-13H2;4-7H,8-11H2,1-3H3;1-4,10,13H,5-8H2. The Bertz CT molecular complexity index is 1590. The van der Waals surface area contributed by atoms with Crippen molar-refractivity contribution >= 4 is 49.3 Å². The number of nitrogens with zero attached hydrogens (tertiary/aromatic N) is 3. The number of hydrogen-bond acceptors (Lipinski definition) is 6. The summed E-state index contributed by atoms with van der Waals surface area (Å²) in [6.07, 6.45) is 2.34. The third-order valence-corrected chi connectivity index (χ3v) is 10.3. The van der Waals surface area contributed by atoms with Gasteiger partial charge in [-0.05, 0) is 118 Å². The van der Waals surface area contributed by atoms with Gasteiger partial charge in [-0.2, -0.15) is 0 Å². The molecule has 0 radical (unpaired) electrons. The highest BCUT2D eigenvalue weighted by molar-refractivity contribution is 9.10. The van der Waals surface area contributed by atoms with Crippen LogP contribution in [0.5, 0.6) is 0 Å². The van der Waals surface area contributed by atoms with Gasteiger partial charge in [0.15, 0.2) is 0 Å². The molecule has 4 aromatic carbocycles. The van der Waals surface area contributed by atoms with Gasteiger partial charge in [0.25, 0.3) is 0 Å². The molecule has 7 rings (SSSR count). The number of amides is 1. The first-order chi connectivity index (χ1) is 24.6. The second-order valence-corrected chi connectivity index (χ2v) is 16.0. The van der Waals surface area contributed by atoms with Crippen molar-refractivity contribution in [1.82, 2.24) is 15.5 Å². The van der Waals surface area contributed by atoms with E-state index < -0.39 is 5.60 Å². The van der Waals surface area contributed by atoms with E-state index in [9.17, 15) is 4.79 Å². The quantitative estimate of drug-likeness (QED) is 0.214. The Morgan fingerprint density at radius 3 is 1.63 bits per heavy atom. The molecule has 7 nitrogen and oxygen atoms in total. The van der Waals surface area contributed by atoms with Gasteiger partial charge in [-0.3, -0.25) is 0 Å². The van der Waals surface area contributed by atoms with E-state index in [-0.39, 0.29) is 6.09 Å². The molecule has 0 unspecified atom stereocenters. The highest BCUT2D eigenvalue weighted by atomic mass is 79.9. The second kappa shape index (κ2) is 19.5. The van der Waals surface area contributed by atoms with Crippen LogP contribution in [0.1, 0.15) is 45.1 Å². The number of halogens is 2. The largest absolute Gasteiger partial charge is 0.444 e. The number of benzene rings is 4. The summed E-state index contributed by atoms with van der Waals surface area (Å²) in [7, 11) is 0. The van der Waals surface area contributed by atoms with Gasteiger partial charge in [-0.1, -0.05) is 86.5 Å². The molecule has 4 aromatic rings. The highest BCUT2D eigenvalue weighted by Crippen LogP contribution is 2.26. The van der Waals surface area contributed by atoms with Gasteiger partial charge in [0.1, 0.15) is 5.60 Å². The predicted molar refractivity (Wildman–Crippen MR) is 220 cm³/mol. The molecule has 51 heavy (non-hydrogen) atoms. The number of carbonyl (C=O) groups is 1. The Labute approximate surface area is 322 Å². The van der Waals surface area contributed by atoms with Gasteiger partial charge in [-0.25, -0.2) is 4.79 Å². The average Bonchev–Trinajstić information content (AvgIpc) is 3.16. The summed E-state index contributed by atoms with van der Waals surface area (Å²) in [5, 5.41) is 6.77. The molecule has 3 fully saturated rings. The fourth-order valence-corrected chi connectivity index (χ4v) is 6.96. The molecule has 272 valence electrons. The molecule has 3 heterocycles. The Kier molecular flexibility index (Phi) is 14.8. The topological polar surface area (TPSA) is 60.1 Å². The molecular formula is C42H53Br2N5O2. The van der Waals surface area contributed by atoms with Gasteiger partial charge < -0.3 is 30.1 Å². The van der Waals surface area contributed by atoms with E-state index in [4.69, 9.17) is 4.74 Å². The van der Waals surface area contributed by atoms with Crippen molar-refractivity contribution in [3.8, 4) is 11.1 Å². The van der Waals surface area contributed by atoms with Crippen molar-refractivity contribution in [3.63, 3.8) is 0 Å². The number of rotatable bonds is 4. The van der Waals surface area contributed by atoms with Gasteiger partial charge in [-0.15, -0.1) is 0 Å². The van der Waals surface area contributed by atoms with E-state index in [0.717, 1.165) is 49.7 Å². The van der Waals surface area contributed by atoms with Crippen molar-refractivity contribution in [3.05, 3.63) is 118 Å². The highest BCUT2D eigenvalue weighted by Gasteiger charge is 2.26. The smallest absolute Gasteiger partial charge is 0.410 e. The van der Waals surface area contributed by atoms with E-state index in [1.165, 1.54) is 58.5 Å². The maximum Gasteiger partial charge on any atom is 0.410 e. The molecule has 0 aromatic heterocycles. The molecule has 9 heteroatoms. The number of piperazine rings is 2. The number of nitrogens with one attached hydrogen (secondary N) is 2. The van der Waals surface area contributed by atoms with Crippen LogP contribution in [0.25, 0.3) is 11.1 Å². The summed E-state index contributed by atoms with van der Waals surface area (Å²) in [5.74, 6) is 0.773. The molecule has 0 spiro atoms. The molecular weight excluding hydrogens is 766 g/mol. The zero-order valence-corrected chi connectivity index (χ0v) is 33.5. The van der Waals surface area contributed by atoms with Crippen LogP contribution in [-0.4, -0.2) is 82.0 Å². The summed E-state index contributed by atoms with van der Waals surface area (Å²) in [6, 6.07) is 36.4. The van der Waals surface area contributed by atoms with Gasteiger partial charge in [0.05, 0.1) is 0 Å². The minimum absolute atomic E-state index is 0.215. The maximum atomic E-state index is 12.0. The Morgan fingerprint density at radius 1 is 0.608 bits per heavy atom. The number of ether oxygens (including phenoxy) is 1. The summed E-state index contributed by atoms with van der Waals surface area (Å²) >= 11 is 6.90. The first-order valence-corrected chi connectivity index (χ1v) is 19.8. The fraction of sp³-hybridized carbons (Fsp3) is 0.405. The van der Waals surface area contributed by atoms with Crippen LogP contribution >= 0.6 is 31.9 Å². The minimum Gasteiger partial charge on any atom is -0.444 e. The van der Waals surface area contributed by atoms with E-state index in [0.29, 0.717) is 13.1 Å². The lowest BCUT2D eigenvalue weighted by Crippen LogP contribution is -2.50. The van der Waals surface area contributed by atoms with Gasteiger partial charge >= 0.3 is 6.09 Å². The zero-order valence-electron chi connectivity index (χ0n) is 30.3. The number of piperidine rings is 1. The van der Waals surface area contributed by atoms with Crippen molar-refractivity contribution in [2.24, 2.45) is 0 Å². The first-order valence-electron chi connectivity index (χ1n) is 18.2. The van der Waals surface area contributed by atoms with E-state index in [2.05, 4.69) is 143 Å².